The first kappa shape index (κ1) is 15.6. The Labute approximate surface area is 124 Å². The zero-order chi connectivity index (χ0) is 14.2. The molecule has 1 aliphatic carbocycles. The Kier molecular flexibility index (Phi) is 6.58. The molecule has 1 aromatic rings. The van der Waals surface area contributed by atoms with Crippen LogP contribution in [0.2, 0.25) is 0 Å². The van der Waals surface area contributed by atoms with E-state index in [1.807, 2.05) is 10.9 Å². The van der Waals surface area contributed by atoms with Crippen molar-refractivity contribution in [3.63, 3.8) is 0 Å². The maximum Gasteiger partial charge on any atom is 0.0492 e. The highest BCUT2D eigenvalue weighted by Crippen LogP contribution is 2.31. The van der Waals surface area contributed by atoms with Crippen LogP contribution in [0.5, 0.6) is 0 Å². The number of rotatable bonds is 7. The molecule has 0 saturated heterocycles. The molecule has 0 spiro atoms. The number of hydrogen-bond acceptors (Lipinski definition) is 2. The lowest BCUT2D eigenvalue weighted by molar-refractivity contribution is 0.282. The highest BCUT2D eigenvalue weighted by molar-refractivity contribution is 5.00. The molecule has 2 unspecified atom stereocenters. The van der Waals surface area contributed by atoms with Crippen molar-refractivity contribution in [2.24, 2.45) is 18.9 Å². The maximum absolute atomic E-state index is 4.28. The lowest BCUT2D eigenvalue weighted by atomic mass is 9.84. The summed E-state index contributed by atoms with van der Waals surface area (Å²) in [6.45, 7) is 4.65. The van der Waals surface area contributed by atoms with Crippen LogP contribution in [0, 0.1) is 11.8 Å². The van der Waals surface area contributed by atoms with Crippen LogP contribution in [0.3, 0.4) is 0 Å². The molecule has 1 fully saturated rings. The normalized spacial score (nSPS) is 23.7. The van der Waals surface area contributed by atoms with E-state index in [2.05, 4.69) is 30.5 Å². The lowest BCUT2D eigenvalue weighted by Crippen LogP contribution is -2.28. The molecule has 2 rings (SSSR count). The molecular weight excluding hydrogens is 246 g/mol. The van der Waals surface area contributed by atoms with Crippen molar-refractivity contribution >= 4 is 0 Å². The molecule has 3 heteroatoms. The van der Waals surface area contributed by atoms with E-state index in [1.54, 1.807) is 0 Å². The van der Waals surface area contributed by atoms with Gasteiger partial charge in [-0.05, 0) is 56.7 Å². The van der Waals surface area contributed by atoms with Crippen molar-refractivity contribution in [2.75, 3.05) is 13.1 Å². The number of nitrogens with zero attached hydrogens (tertiary/aromatic N) is 2. The van der Waals surface area contributed by atoms with Gasteiger partial charge in [-0.15, -0.1) is 0 Å². The van der Waals surface area contributed by atoms with Crippen molar-refractivity contribution in [1.29, 1.82) is 0 Å². The summed E-state index contributed by atoms with van der Waals surface area (Å²) in [6, 6.07) is 2.17. The van der Waals surface area contributed by atoms with Crippen LogP contribution in [0.1, 0.15) is 57.6 Å². The second kappa shape index (κ2) is 8.46. The molecule has 1 aromatic heterocycles. The standard InChI is InChI=1S/C17H31N3/c1-3-12-18-14-16-8-6-4-5-7-15(16)9-10-17-11-13-19-20(17)2/h11,13,15-16,18H,3-10,12,14H2,1-2H3. The molecule has 1 aliphatic rings. The number of aromatic nitrogens is 2. The molecule has 1 heterocycles. The van der Waals surface area contributed by atoms with Gasteiger partial charge in [0.25, 0.3) is 0 Å². The van der Waals surface area contributed by atoms with E-state index in [0.717, 1.165) is 11.8 Å². The first-order chi connectivity index (χ1) is 9.81. The predicted octanol–water partition coefficient (Wildman–Crippen LogP) is 3.55. The van der Waals surface area contributed by atoms with Crippen molar-refractivity contribution in [3.8, 4) is 0 Å². The van der Waals surface area contributed by atoms with Crippen molar-refractivity contribution < 1.29 is 0 Å². The van der Waals surface area contributed by atoms with Crippen molar-refractivity contribution in [3.05, 3.63) is 18.0 Å². The molecule has 1 saturated carbocycles. The largest absolute Gasteiger partial charge is 0.316 e. The third-order valence-electron chi connectivity index (χ3n) is 4.84. The summed E-state index contributed by atoms with van der Waals surface area (Å²) in [5, 5.41) is 7.93. The second-order valence-electron chi connectivity index (χ2n) is 6.35. The fourth-order valence-electron chi connectivity index (χ4n) is 3.55. The average molecular weight is 277 g/mol. The zero-order valence-electron chi connectivity index (χ0n) is 13.3. The van der Waals surface area contributed by atoms with Crippen molar-refractivity contribution in [1.82, 2.24) is 15.1 Å². The van der Waals surface area contributed by atoms with Crippen LogP contribution in [-0.4, -0.2) is 22.9 Å². The highest BCUT2D eigenvalue weighted by Gasteiger charge is 2.23. The molecule has 114 valence electrons. The van der Waals surface area contributed by atoms with Gasteiger partial charge in [-0.2, -0.15) is 5.10 Å². The summed E-state index contributed by atoms with van der Waals surface area (Å²) in [5.74, 6) is 1.79. The lowest BCUT2D eigenvalue weighted by Gasteiger charge is -2.25. The van der Waals surface area contributed by atoms with Gasteiger partial charge in [-0.3, -0.25) is 4.68 Å². The van der Waals surface area contributed by atoms with Crippen LogP contribution in [0.15, 0.2) is 12.3 Å². The SMILES string of the molecule is CCCNCC1CCCCCC1CCc1ccnn1C. The molecule has 1 N–H and O–H groups in total. The third kappa shape index (κ3) is 4.62. The monoisotopic (exact) mass is 277 g/mol. The molecular formula is C17H31N3. The molecule has 20 heavy (non-hydrogen) atoms. The van der Waals surface area contributed by atoms with E-state index in [-0.39, 0.29) is 0 Å². The van der Waals surface area contributed by atoms with E-state index in [1.165, 1.54) is 70.2 Å². The summed E-state index contributed by atoms with van der Waals surface area (Å²) in [7, 11) is 2.06. The number of aryl methyl sites for hydroxylation is 2. The van der Waals surface area contributed by atoms with E-state index in [9.17, 15) is 0 Å². The van der Waals surface area contributed by atoms with Crippen LogP contribution in [0.4, 0.5) is 0 Å². The summed E-state index contributed by atoms with van der Waals surface area (Å²) in [5.41, 5.74) is 1.38. The summed E-state index contributed by atoms with van der Waals surface area (Å²) in [4.78, 5) is 0. The fourth-order valence-corrected chi connectivity index (χ4v) is 3.55. The highest BCUT2D eigenvalue weighted by atomic mass is 15.2. The Morgan fingerprint density at radius 1 is 1.25 bits per heavy atom. The summed E-state index contributed by atoms with van der Waals surface area (Å²) in [6.07, 6.45) is 12.8. The van der Waals surface area contributed by atoms with Crippen LogP contribution in [0.25, 0.3) is 0 Å². The van der Waals surface area contributed by atoms with Gasteiger partial charge >= 0.3 is 0 Å². The van der Waals surface area contributed by atoms with Crippen LogP contribution >= 0.6 is 0 Å². The Bertz CT molecular complexity index is 372. The molecule has 0 amide bonds. The van der Waals surface area contributed by atoms with Gasteiger partial charge in [0.1, 0.15) is 0 Å². The van der Waals surface area contributed by atoms with Gasteiger partial charge < -0.3 is 5.32 Å². The fraction of sp³-hybridized carbons (Fsp3) is 0.824. The molecule has 0 radical (unpaired) electrons. The zero-order valence-corrected chi connectivity index (χ0v) is 13.3. The smallest absolute Gasteiger partial charge is 0.0492 e. The summed E-state index contributed by atoms with van der Waals surface area (Å²) < 4.78 is 2.03. The predicted molar refractivity (Wildman–Crippen MR) is 84.8 cm³/mol. The first-order valence-corrected chi connectivity index (χ1v) is 8.49. The average Bonchev–Trinajstić information content (AvgIpc) is 2.73. The Morgan fingerprint density at radius 2 is 2.05 bits per heavy atom. The van der Waals surface area contributed by atoms with E-state index in [0.29, 0.717) is 0 Å². The Morgan fingerprint density at radius 3 is 2.75 bits per heavy atom. The first-order valence-electron chi connectivity index (χ1n) is 8.49. The molecule has 0 bridgehead atoms. The van der Waals surface area contributed by atoms with Crippen LogP contribution < -0.4 is 5.32 Å². The Hall–Kier alpha value is -0.830. The molecule has 2 atom stereocenters. The van der Waals surface area contributed by atoms with Gasteiger partial charge in [-0.1, -0.05) is 32.6 Å². The van der Waals surface area contributed by atoms with Gasteiger partial charge in [0.2, 0.25) is 0 Å². The second-order valence-corrected chi connectivity index (χ2v) is 6.35. The minimum Gasteiger partial charge on any atom is -0.316 e. The number of hydrogen-bond donors (Lipinski definition) is 1. The maximum atomic E-state index is 4.28. The van der Waals surface area contributed by atoms with Crippen molar-refractivity contribution in [2.45, 2.75) is 58.3 Å². The topological polar surface area (TPSA) is 29.9 Å². The minimum absolute atomic E-state index is 0.886. The van der Waals surface area contributed by atoms with E-state index in [4.69, 9.17) is 0 Å². The van der Waals surface area contributed by atoms with Gasteiger partial charge in [0, 0.05) is 18.9 Å². The molecule has 0 aromatic carbocycles. The third-order valence-corrected chi connectivity index (χ3v) is 4.84. The Balaban J connectivity index is 1.85. The minimum atomic E-state index is 0.886. The quantitative estimate of drug-likeness (QED) is 0.610. The number of nitrogens with one attached hydrogen (secondary N) is 1. The van der Waals surface area contributed by atoms with Gasteiger partial charge in [0.15, 0.2) is 0 Å². The molecule has 3 nitrogen and oxygen atoms in total. The van der Waals surface area contributed by atoms with E-state index >= 15 is 0 Å². The molecule has 0 aliphatic heterocycles. The van der Waals surface area contributed by atoms with Crippen LogP contribution in [-0.2, 0) is 13.5 Å². The van der Waals surface area contributed by atoms with Gasteiger partial charge in [0.05, 0.1) is 0 Å². The van der Waals surface area contributed by atoms with E-state index < -0.39 is 0 Å². The summed E-state index contributed by atoms with van der Waals surface area (Å²) >= 11 is 0. The van der Waals surface area contributed by atoms with Gasteiger partial charge in [-0.25, -0.2) is 0 Å².